The van der Waals surface area contributed by atoms with E-state index in [2.05, 4.69) is 6.92 Å². The maximum Gasteiger partial charge on any atom is 0.198 e. The summed E-state index contributed by atoms with van der Waals surface area (Å²) in [5.41, 5.74) is 5.44. The molecule has 196 valence electrons. The lowest BCUT2D eigenvalue weighted by molar-refractivity contribution is -0.329. The molecule has 0 aromatic rings. The van der Waals surface area contributed by atoms with Crippen molar-refractivity contribution < 1.29 is 14.2 Å². The minimum atomic E-state index is -0.811. The highest BCUT2D eigenvalue weighted by molar-refractivity contribution is 6.08. The first-order chi connectivity index (χ1) is 14.8. The van der Waals surface area contributed by atoms with E-state index in [1.54, 1.807) is 21.3 Å². The second-order valence-electron chi connectivity index (χ2n) is 10.0. The monoisotopic (exact) mass is 495 g/mol. The molecule has 0 bridgehead atoms. The van der Waals surface area contributed by atoms with E-state index in [1.807, 2.05) is 13.8 Å². The van der Waals surface area contributed by atoms with Crippen molar-refractivity contribution in [1.29, 1.82) is 0 Å². The maximum absolute atomic E-state index is 6.67. The molecule has 0 aliphatic carbocycles. The molecule has 0 saturated carbocycles. The fraction of sp³-hybridized carbons (Fsp3) is 1.00. The minimum Gasteiger partial charge on any atom is -0.371 e. The summed E-state index contributed by atoms with van der Waals surface area (Å²) < 4.78 is 18.3. The van der Waals surface area contributed by atoms with Gasteiger partial charge in [0.05, 0.1) is 0 Å². The zero-order chi connectivity index (χ0) is 23.6. The highest BCUT2D eigenvalue weighted by Crippen LogP contribution is 2.44. The van der Waals surface area contributed by atoms with Gasteiger partial charge in [0.25, 0.3) is 0 Å². The second kappa shape index (κ2) is 19.6. The SMILES string of the molecule is CCCCCCCCCCCCCCCC(OC)(OC)C(CCC[SiH3])(OC)C(C)(C)N.Cl. The highest BCUT2D eigenvalue weighted by Gasteiger charge is 2.59. The fourth-order valence-electron chi connectivity index (χ4n) is 5.14. The smallest absolute Gasteiger partial charge is 0.198 e. The predicted octanol–water partition coefficient (Wildman–Crippen LogP) is 6.57. The Morgan fingerprint density at radius 1 is 0.625 bits per heavy atom. The van der Waals surface area contributed by atoms with E-state index in [0.717, 1.165) is 25.7 Å². The van der Waals surface area contributed by atoms with Crippen molar-refractivity contribution in [3.05, 3.63) is 0 Å². The van der Waals surface area contributed by atoms with Crippen LogP contribution < -0.4 is 5.73 Å². The van der Waals surface area contributed by atoms with Crippen molar-refractivity contribution in [2.45, 2.75) is 146 Å². The Kier molecular flexibility index (Phi) is 21.2. The molecule has 2 N–H and O–H groups in total. The Labute approximate surface area is 210 Å². The van der Waals surface area contributed by atoms with Crippen LogP contribution in [0.1, 0.15) is 124 Å². The van der Waals surface area contributed by atoms with Crippen LogP contribution in [0.25, 0.3) is 0 Å². The summed E-state index contributed by atoms with van der Waals surface area (Å²) in [6.07, 6.45) is 20.3. The second-order valence-corrected chi connectivity index (χ2v) is 11.0. The van der Waals surface area contributed by atoms with E-state index in [4.69, 9.17) is 19.9 Å². The van der Waals surface area contributed by atoms with Crippen molar-refractivity contribution in [3.8, 4) is 0 Å². The van der Waals surface area contributed by atoms with Crippen molar-refractivity contribution in [3.63, 3.8) is 0 Å². The van der Waals surface area contributed by atoms with Crippen molar-refractivity contribution >= 4 is 22.6 Å². The van der Waals surface area contributed by atoms with Crippen LogP contribution in [-0.2, 0) is 14.2 Å². The maximum atomic E-state index is 6.67. The van der Waals surface area contributed by atoms with Gasteiger partial charge >= 0.3 is 0 Å². The molecule has 32 heavy (non-hydrogen) atoms. The molecule has 0 aliphatic heterocycles. The molecule has 6 heteroatoms. The highest BCUT2D eigenvalue weighted by atomic mass is 35.5. The molecule has 4 nitrogen and oxygen atoms in total. The van der Waals surface area contributed by atoms with Crippen molar-refractivity contribution in [2.75, 3.05) is 21.3 Å². The summed E-state index contributed by atoms with van der Waals surface area (Å²) in [4.78, 5) is 0. The van der Waals surface area contributed by atoms with E-state index in [9.17, 15) is 0 Å². The van der Waals surface area contributed by atoms with Gasteiger partial charge in [0.15, 0.2) is 5.79 Å². The summed E-state index contributed by atoms with van der Waals surface area (Å²) in [7, 11) is 6.43. The van der Waals surface area contributed by atoms with E-state index < -0.39 is 16.9 Å². The number of ether oxygens (including phenoxy) is 3. The molecule has 0 amide bonds. The normalized spacial score (nSPS) is 14.3. The van der Waals surface area contributed by atoms with Gasteiger partial charge in [-0.1, -0.05) is 96.4 Å². The Hall–Kier alpha value is 0.347. The Balaban J connectivity index is 0. The first-order valence-corrected chi connectivity index (χ1v) is 14.7. The number of nitrogens with two attached hydrogens (primary N) is 1. The van der Waals surface area contributed by atoms with E-state index in [1.165, 1.54) is 93.3 Å². The molecule has 0 saturated heterocycles. The molecule has 0 fully saturated rings. The van der Waals surface area contributed by atoms with Gasteiger partial charge in [-0.15, -0.1) is 12.4 Å². The van der Waals surface area contributed by atoms with Gasteiger partial charge in [-0.2, -0.15) is 0 Å². The lowest BCUT2D eigenvalue weighted by atomic mass is 9.71. The number of rotatable bonds is 22. The molecule has 1 unspecified atom stereocenters. The molecule has 0 spiro atoms. The van der Waals surface area contributed by atoms with E-state index in [-0.39, 0.29) is 12.4 Å². The molecular weight excluding hydrogens is 438 g/mol. The number of unbranched alkanes of at least 4 members (excludes halogenated alkanes) is 12. The van der Waals surface area contributed by atoms with Gasteiger partial charge in [0, 0.05) is 43.5 Å². The van der Waals surface area contributed by atoms with Crippen LogP contribution in [0.15, 0.2) is 0 Å². The third-order valence-electron chi connectivity index (χ3n) is 7.16. The van der Waals surface area contributed by atoms with Crippen LogP contribution in [0.5, 0.6) is 0 Å². The van der Waals surface area contributed by atoms with Gasteiger partial charge < -0.3 is 19.9 Å². The lowest BCUT2D eigenvalue weighted by Crippen LogP contribution is -2.71. The van der Waals surface area contributed by atoms with Gasteiger partial charge in [0.1, 0.15) is 5.60 Å². The molecule has 0 radical (unpaired) electrons. The molecule has 0 aromatic heterocycles. The molecular formula is C26H58ClNO3Si. The first-order valence-electron chi connectivity index (χ1n) is 13.2. The lowest BCUT2D eigenvalue weighted by Gasteiger charge is -2.54. The first kappa shape index (κ1) is 34.5. The van der Waals surface area contributed by atoms with E-state index in [0.29, 0.717) is 0 Å². The van der Waals surface area contributed by atoms with Crippen LogP contribution in [0.4, 0.5) is 0 Å². The zero-order valence-corrected chi connectivity index (χ0v) is 25.5. The number of methoxy groups -OCH3 is 3. The quantitative estimate of drug-likeness (QED) is 0.105. The summed E-state index contributed by atoms with van der Waals surface area (Å²) in [5, 5.41) is 0. The van der Waals surface area contributed by atoms with Crippen LogP contribution >= 0.6 is 12.4 Å². The predicted molar refractivity (Wildman–Crippen MR) is 146 cm³/mol. The Bertz CT molecular complexity index is 416. The van der Waals surface area contributed by atoms with Crippen molar-refractivity contribution in [1.82, 2.24) is 0 Å². The third-order valence-corrected chi connectivity index (χ3v) is 7.86. The molecule has 0 rings (SSSR count). The van der Waals surface area contributed by atoms with Gasteiger partial charge in [0.2, 0.25) is 0 Å². The average molecular weight is 496 g/mol. The average Bonchev–Trinajstić information content (AvgIpc) is 2.75. The molecule has 0 aliphatic rings. The van der Waals surface area contributed by atoms with Crippen molar-refractivity contribution in [2.24, 2.45) is 5.73 Å². The fourth-order valence-corrected chi connectivity index (χ4v) is 5.50. The number of hydrogen-bond donors (Lipinski definition) is 1. The number of halogens is 1. The van der Waals surface area contributed by atoms with E-state index >= 15 is 0 Å². The minimum absolute atomic E-state index is 0. The van der Waals surface area contributed by atoms with Crippen LogP contribution in [0.3, 0.4) is 0 Å². The van der Waals surface area contributed by atoms with Crippen LogP contribution in [-0.4, -0.2) is 48.5 Å². The molecule has 0 aromatic carbocycles. The topological polar surface area (TPSA) is 53.7 Å². The van der Waals surface area contributed by atoms with Crippen LogP contribution in [0, 0.1) is 0 Å². The van der Waals surface area contributed by atoms with Gasteiger partial charge in [-0.05, 0) is 26.7 Å². The largest absolute Gasteiger partial charge is 0.371 e. The molecule has 1 atom stereocenters. The zero-order valence-electron chi connectivity index (χ0n) is 22.7. The van der Waals surface area contributed by atoms with Crippen LogP contribution in [0.2, 0.25) is 6.04 Å². The Morgan fingerprint density at radius 3 is 1.34 bits per heavy atom. The Morgan fingerprint density at radius 2 is 1.03 bits per heavy atom. The summed E-state index contributed by atoms with van der Waals surface area (Å²) >= 11 is 0. The molecule has 0 heterocycles. The summed E-state index contributed by atoms with van der Waals surface area (Å²) in [6, 6.07) is 1.23. The standard InChI is InChI=1S/C26H57NO3Si.ClH/c1-7-8-9-10-11-12-13-14-15-16-17-18-19-22-26(29-5,30-6)25(28-4,21-20-23-31)24(2,3)27;/h7-23,27H2,1-6,31H3;1H. The van der Waals surface area contributed by atoms with Gasteiger partial charge in [-0.3, -0.25) is 0 Å². The third kappa shape index (κ3) is 11.2. The number of hydrogen-bond acceptors (Lipinski definition) is 4. The summed E-state index contributed by atoms with van der Waals surface area (Å²) in [6.45, 7) is 6.37. The summed E-state index contributed by atoms with van der Waals surface area (Å²) in [5.74, 6) is -0.811. The van der Waals surface area contributed by atoms with Gasteiger partial charge in [-0.25, -0.2) is 0 Å².